The summed E-state index contributed by atoms with van der Waals surface area (Å²) in [6.45, 7) is 0. The normalized spacial score (nSPS) is 10.9. The molecule has 0 atom stereocenters. The number of fused-ring (bicyclic) bond motifs is 1. The third-order valence-electron chi connectivity index (χ3n) is 4.56. The van der Waals surface area contributed by atoms with Crippen molar-refractivity contribution < 1.29 is 9.15 Å². The summed E-state index contributed by atoms with van der Waals surface area (Å²) in [5.74, 6) is 1.38. The zero-order valence-electron chi connectivity index (χ0n) is 15.6. The zero-order chi connectivity index (χ0) is 19.6. The number of hydrogen-bond donors (Lipinski definition) is 0. The molecule has 5 rings (SSSR count). The predicted molar refractivity (Wildman–Crippen MR) is 110 cm³/mol. The van der Waals surface area contributed by atoms with Crippen molar-refractivity contribution in [3.63, 3.8) is 0 Å². The van der Waals surface area contributed by atoms with Crippen LogP contribution in [0.5, 0.6) is 5.95 Å². The number of benzene rings is 2. The lowest BCUT2D eigenvalue weighted by atomic mass is 10.1. The average molecular weight is 380 g/mol. The Morgan fingerprint density at radius 2 is 1.52 bits per heavy atom. The highest BCUT2D eigenvalue weighted by Crippen LogP contribution is 2.29. The van der Waals surface area contributed by atoms with Crippen molar-refractivity contribution in [3.8, 4) is 40.2 Å². The molecule has 2 aromatic carbocycles. The lowest BCUT2D eigenvalue weighted by Crippen LogP contribution is -1.97. The molecule has 6 heteroatoms. The number of methoxy groups -OCH3 is 1. The topological polar surface area (TPSA) is 73.9 Å². The zero-order valence-corrected chi connectivity index (χ0v) is 15.6. The molecule has 0 saturated heterocycles. The van der Waals surface area contributed by atoms with Gasteiger partial charge in [-0.25, -0.2) is 9.97 Å². The van der Waals surface area contributed by atoms with Crippen LogP contribution < -0.4 is 4.74 Å². The molecular formula is C23H16N4O2. The molecule has 5 aromatic rings. The van der Waals surface area contributed by atoms with Crippen molar-refractivity contribution in [2.24, 2.45) is 0 Å². The highest BCUT2D eigenvalue weighted by molar-refractivity contribution is 5.82. The van der Waals surface area contributed by atoms with E-state index >= 15 is 0 Å². The standard InChI is InChI=1S/C23H16N4O2/c1-28-22-12-11-21(29-22)23-24-18(15-7-3-2-4-8-15)14-19(25-23)20-13-16-9-5-6-10-17(16)26-27-20/h2-14H,1H3. The molecule has 0 unspecified atom stereocenters. The van der Waals surface area contributed by atoms with Crippen LogP contribution in [0.1, 0.15) is 0 Å². The highest BCUT2D eigenvalue weighted by Gasteiger charge is 2.15. The number of nitrogens with zero attached hydrogens (tertiary/aromatic N) is 4. The van der Waals surface area contributed by atoms with Crippen molar-refractivity contribution >= 4 is 10.9 Å². The molecule has 29 heavy (non-hydrogen) atoms. The lowest BCUT2D eigenvalue weighted by Gasteiger charge is -2.07. The maximum atomic E-state index is 5.69. The number of ether oxygens (including phenoxy) is 1. The second-order valence-corrected chi connectivity index (χ2v) is 6.44. The molecule has 3 aromatic heterocycles. The van der Waals surface area contributed by atoms with Gasteiger partial charge in [0.25, 0.3) is 5.95 Å². The highest BCUT2D eigenvalue weighted by atomic mass is 16.6. The summed E-state index contributed by atoms with van der Waals surface area (Å²) in [6, 6.07) is 25.2. The van der Waals surface area contributed by atoms with Crippen LogP contribution in [0.25, 0.3) is 45.1 Å². The maximum absolute atomic E-state index is 5.69. The Morgan fingerprint density at radius 1 is 0.724 bits per heavy atom. The van der Waals surface area contributed by atoms with Gasteiger partial charge < -0.3 is 9.15 Å². The first-order valence-corrected chi connectivity index (χ1v) is 9.12. The van der Waals surface area contributed by atoms with Gasteiger partial charge in [-0.2, -0.15) is 0 Å². The average Bonchev–Trinajstić information content (AvgIpc) is 3.28. The van der Waals surface area contributed by atoms with Crippen LogP contribution in [0.3, 0.4) is 0 Å². The molecule has 0 N–H and O–H groups in total. The van der Waals surface area contributed by atoms with E-state index in [2.05, 4.69) is 10.2 Å². The van der Waals surface area contributed by atoms with E-state index in [1.807, 2.05) is 66.7 Å². The summed E-state index contributed by atoms with van der Waals surface area (Å²) in [5.41, 5.74) is 3.93. The Labute approximate surface area is 166 Å². The molecular weight excluding hydrogens is 364 g/mol. The molecule has 0 aliphatic rings. The quantitative estimate of drug-likeness (QED) is 0.436. The fraction of sp³-hybridized carbons (Fsp3) is 0.0435. The minimum atomic E-state index is 0.403. The van der Waals surface area contributed by atoms with Gasteiger partial charge in [-0.3, -0.25) is 0 Å². The van der Waals surface area contributed by atoms with Gasteiger partial charge in [-0.1, -0.05) is 48.5 Å². The molecule has 0 fully saturated rings. The Morgan fingerprint density at radius 3 is 2.34 bits per heavy atom. The molecule has 0 aliphatic carbocycles. The van der Waals surface area contributed by atoms with Gasteiger partial charge in [0.2, 0.25) is 0 Å². The van der Waals surface area contributed by atoms with Crippen molar-refractivity contribution in [2.45, 2.75) is 0 Å². The largest absolute Gasteiger partial charge is 0.468 e. The van der Waals surface area contributed by atoms with Crippen molar-refractivity contribution in [3.05, 3.63) is 78.9 Å². The van der Waals surface area contributed by atoms with Crippen LogP contribution in [0, 0.1) is 0 Å². The van der Waals surface area contributed by atoms with Gasteiger partial charge >= 0.3 is 0 Å². The van der Waals surface area contributed by atoms with Gasteiger partial charge in [0, 0.05) is 17.0 Å². The van der Waals surface area contributed by atoms with Crippen LogP contribution in [0.4, 0.5) is 0 Å². The van der Waals surface area contributed by atoms with Gasteiger partial charge in [-0.15, -0.1) is 10.2 Å². The minimum Gasteiger partial charge on any atom is -0.468 e. The van der Waals surface area contributed by atoms with Crippen LogP contribution >= 0.6 is 0 Å². The summed E-state index contributed by atoms with van der Waals surface area (Å²) in [6.07, 6.45) is 0. The van der Waals surface area contributed by atoms with E-state index in [-0.39, 0.29) is 0 Å². The van der Waals surface area contributed by atoms with E-state index in [9.17, 15) is 0 Å². The number of rotatable bonds is 4. The third-order valence-corrected chi connectivity index (χ3v) is 4.56. The summed E-state index contributed by atoms with van der Waals surface area (Å²) in [4.78, 5) is 9.39. The molecule has 0 aliphatic heterocycles. The monoisotopic (exact) mass is 380 g/mol. The molecule has 0 saturated carbocycles. The SMILES string of the molecule is COc1ccc(-c2nc(-c3ccccc3)cc(-c3cc4ccccc4nn3)n2)o1. The smallest absolute Gasteiger partial charge is 0.284 e. The Bertz CT molecular complexity index is 1300. The maximum Gasteiger partial charge on any atom is 0.284 e. The Balaban J connectivity index is 1.69. The molecule has 0 spiro atoms. The van der Waals surface area contributed by atoms with Gasteiger partial charge in [-0.05, 0) is 24.3 Å². The second kappa shape index (κ2) is 7.16. The van der Waals surface area contributed by atoms with Crippen molar-refractivity contribution in [1.82, 2.24) is 20.2 Å². The summed E-state index contributed by atoms with van der Waals surface area (Å²) >= 11 is 0. The Kier molecular flexibility index (Phi) is 4.22. The van der Waals surface area contributed by atoms with E-state index in [0.717, 1.165) is 22.2 Å². The number of furan rings is 1. The van der Waals surface area contributed by atoms with Gasteiger partial charge in [0.05, 0.1) is 24.0 Å². The second-order valence-electron chi connectivity index (χ2n) is 6.44. The van der Waals surface area contributed by atoms with Crippen molar-refractivity contribution in [2.75, 3.05) is 7.11 Å². The van der Waals surface area contributed by atoms with E-state index in [0.29, 0.717) is 28.9 Å². The molecule has 0 amide bonds. The summed E-state index contributed by atoms with van der Waals surface area (Å²) in [5, 5.41) is 9.70. The van der Waals surface area contributed by atoms with Crippen LogP contribution in [0.2, 0.25) is 0 Å². The molecule has 140 valence electrons. The summed E-state index contributed by atoms with van der Waals surface area (Å²) < 4.78 is 10.8. The number of aromatic nitrogens is 4. The fourth-order valence-electron chi connectivity index (χ4n) is 3.11. The third kappa shape index (κ3) is 3.32. The number of hydrogen-bond acceptors (Lipinski definition) is 6. The van der Waals surface area contributed by atoms with Gasteiger partial charge in [0.1, 0.15) is 5.69 Å². The minimum absolute atomic E-state index is 0.403. The van der Waals surface area contributed by atoms with E-state index in [1.165, 1.54) is 0 Å². The predicted octanol–water partition coefficient (Wildman–Crippen LogP) is 5.02. The first kappa shape index (κ1) is 17.1. The molecule has 0 bridgehead atoms. The van der Waals surface area contributed by atoms with Crippen LogP contribution in [-0.2, 0) is 0 Å². The molecule has 6 nitrogen and oxygen atoms in total. The van der Waals surface area contributed by atoms with E-state index in [1.54, 1.807) is 19.2 Å². The first-order chi connectivity index (χ1) is 14.3. The molecule has 0 radical (unpaired) electrons. The van der Waals surface area contributed by atoms with Crippen LogP contribution in [0.15, 0.2) is 83.3 Å². The van der Waals surface area contributed by atoms with Crippen LogP contribution in [-0.4, -0.2) is 27.3 Å². The van der Waals surface area contributed by atoms with E-state index < -0.39 is 0 Å². The lowest BCUT2D eigenvalue weighted by molar-refractivity contribution is 0.308. The Hall–Kier alpha value is -4.06. The first-order valence-electron chi connectivity index (χ1n) is 9.12. The molecule has 3 heterocycles. The summed E-state index contributed by atoms with van der Waals surface area (Å²) in [7, 11) is 1.56. The fourth-order valence-corrected chi connectivity index (χ4v) is 3.11. The van der Waals surface area contributed by atoms with Crippen molar-refractivity contribution in [1.29, 1.82) is 0 Å². The van der Waals surface area contributed by atoms with E-state index in [4.69, 9.17) is 19.1 Å². The van der Waals surface area contributed by atoms with Gasteiger partial charge in [0.15, 0.2) is 11.6 Å².